The van der Waals surface area contributed by atoms with Crippen molar-refractivity contribution in [3.63, 3.8) is 0 Å². The molecule has 1 unspecified atom stereocenters. The van der Waals surface area contributed by atoms with Gasteiger partial charge in [0, 0.05) is 41.9 Å². The fourth-order valence-corrected chi connectivity index (χ4v) is 4.57. The third kappa shape index (κ3) is 5.56. The number of nitrogens with one attached hydrogen (secondary N) is 1. The highest BCUT2D eigenvalue weighted by Gasteiger charge is 2.24. The van der Waals surface area contributed by atoms with E-state index in [2.05, 4.69) is 57.3 Å². The molecule has 1 atom stereocenters. The molecule has 0 radical (unpaired) electrons. The molecule has 1 fully saturated rings. The second kappa shape index (κ2) is 10.1. The summed E-state index contributed by atoms with van der Waals surface area (Å²) in [6.45, 7) is 8.44. The lowest BCUT2D eigenvalue weighted by Crippen LogP contribution is -2.43. The number of hydrazine groups is 1. The molecule has 1 aromatic carbocycles. The van der Waals surface area contributed by atoms with E-state index in [-0.39, 0.29) is 5.92 Å². The summed E-state index contributed by atoms with van der Waals surface area (Å²) in [5, 5.41) is 3.76. The molecule has 1 aliphatic rings. The van der Waals surface area contributed by atoms with Gasteiger partial charge in [-0.1, -0.05) is 13.8 Å². The maximum absolute atomic E-state index is 5.50. The quantitative estimate of drug-likeness (QED) is 0.224. The van der Waals surface area contributed by atoms with Crippen molar-refractivity contribution in [2.24, 2.45) is 22.7 Å². The van der Waals surface area contributed by atoms with Crippen molar-refractivity contribution in [1.29, 1.82) is 0 Å². The average Bonchev–Trinajstić information content (AvgIpc) is 2.62. The molecule has 0 aliphatic carbocycles. The number of benzene rings is 1. The van der Waals surface area contributed by atoms with Gasteiger partial charge in [-0.3, -0.25) is 0 Å². The van der Waals surface area contributed by atoms with E-state index < -0.39 is 0 Å². The zero-order chi connectivity index (χ0) is 17.4. The number of rotatable bonds is 7. The number of hydrogen-bond acceptors (Lipinski definition) is 7. The summed E-state index contributed by atoms with van der Waals surface area (Å²) >= 11 is 3.60. The lowest BCUT2D eigenvalue weighted by atomic mass is 9.99. The molecule has 1 aromatic rings. The molecule has 6 nitrogen and oxygen atoms in total. The van der Waals surface area contributed by atoms with Crippen LogP contribution in [0.15, 0.2) is 39.2 Å². The molecule has 0 aromatic heterocycles. The minimum Gasteiger partial charge on any atom is -0.322 e. The fourth-order valence-electron chi connectivity index (χ4n) is 2.72. The van der Waals surface area contributed by atoms with Crippen LogP contribution in [0.5, 0.6) is 0 Å². The lowest BCUT2D eigenvalue weighted by Gasteiger charge is -2.31. The van der Waals surface area contributed by atoms with Crippen LogP contribution in [0.1, 0.15) is 26.7 Å². The molecule has 0 bridgehead atoms. The van der Waals surface area contributed by atoms with Gasteiger partial charge in [0.05, 0.1) is 0 Å². The van der Waals surface area contributed by atoms with Crippen LogP contribution in [0.25, 0.3) is 0 Å². The van der Waals surface area contributed by atoms with Crippen LogP contribution in [0, 0.1) is 5.92 Å². The molecular formula is C16H28N6S2. The zero-order valence-electron chi connectivity index (χ0n) is 14.4. The Hall–Kier alpha value is -0.930. The second-order valence-corrected chi connectivity index (χ2v) is 7.99. The number of piperidine rings is 1. The first kappa shape index (κ1) is 19.4. The minimum atomic E-state index is 0.277. The van der Waals surface area contributed by atoms with E-state index >= 15 is 0 Å². The smallest absolute Gasteiger partial charge is 0.140 e. The second-order valence-electron chi connectivity index (χ2n) is 5.65. The van der Waals surface area contributed by atoms with Crippen molar-refractivity contribution in [3.8, 4) is 0 Å². The highest BCUT2D eigenvalue weighted by molar-refractivity contribution is 7.97. The topological polar surface area (TPSA) is 82.9 Å². The fraction of sp³-hybridized carbons (Fsp3) is 0.562. The van der Waals surface area contributed by atoms with Gasteiger partial charge in [0.25, 0.3) is 0 Å². The molecule has 5 N–H and O–H groups in total. The Morgan fingerprint density at radius 2 is 1.96 bits per heavy atom. The van der Waals surface area contributed by atoms with Gasteiger partial charge < -0.3 is 11.3 Å². The summed E-state index contributed by atoms with van der Waals surface area (Å²) in [5.41, 5.74) is 2.62. The first-order chi connectivity index (χ1) is 11.7. The molecule has 0 amide bonds. The molecule has 8 heteroatoms. The molecule has 1 aliphatic heterocycles. The normalized spacial score (nSPS) is 19.7. The van der Waals surface area contributed by atoms with Gasteiger partial charge in [-0.25, -0.2) is 14.5 Å². The molecule has 1 saturated heterocycles. The van der Waals surface area contributed by atoms with Gasteiger partial charge in [0.1, 0.15) is 5.84 Å². The third-order valence-electron chi connectivity index (χ3n) is 4.06. The zero-order valence-corrected chi connectivity index (χ0v) is 16.1. The van der Waals surface area contributed by atoms with Crippen LogP contribution < -0.4 is 17.1 Å². The maximum atomic E-state index is 5.50. The van der Waals surface area contributed by atoms with Gasteiger partial charge in [0.15, 0.2) is 0 Å². The summed E-state index contributed by atoms with van der Waals surface area (Å²) in [4.78, 5) is 2.54. The summed E-state index contributed by atoms with van der Waals surface area (Å²) in [7, 11) is 0. The van der Waals surface area contributed by atoms with E-state index in [4.69, 9.17) is 11.7 Å². The molecular weight excluding hydrogens is 340 g/mol. The predicted octanol–water partition coefficient (Wildman–Crippen LogP) is 2.49. The summed E-state index contributed by atoms with van der Waals surface area (Å²) < 4.78 is 4.70. The Balaban J connectivity index is 1.91. The Morgan fingerprint density at radius 3 is 2.54 bits per heavy atom. The number of hydrazone groups is 1. The first-order valence-corrected chi connectivity index (χ1v) is 9.95. The SMILES string of the molecule is CCN(CC)Sc1ccc(SN2CCCC(/C(=N/N)NN)C2)cc1. The van der Waals surface area contributed by atoms with E-state index in [1.807, 2.05) is 11.9 Å². The Morgan fingerprint density at radius 1 is 1.29 bits per heavy atom. The van der Waals surface area contributed by atoms with Crippen LogP contribution in [0.2, 0.25) is 0 Å². The van der Waals surface area contributed by atoms with Crippen LogP contribution in [0.4, 0.5) is 0 Å². The predicted molar refractivity (Wildman–Crippen MR) is 104 cm³/mol. The Labute approximate surface area is 153 Å². The summed E-state index contributed by atoms with van der Waals surface area (Å²) in [6, 6.07) is 8.78. The van der Waals surface area contributed by atoms with Gasteiger partial charge in [-0.2, -0.15) is 5.10 Å². The van der Waals surface area contributed by atoms with Crippen LogP contribution >= 0.6 is 23.9 Å². The van der Waals surface area contributed by atoms with Gasteiger partial charge >= 0.3 is 0 Å². The van der Waals surface area contributed by atoms with Crippen LogP contribution in [-0.4, -0.2) is 40.6 Å². The van der Waals surface area contributed by atoms with E-state index in [1.165, 1.54) is 9.79 Å². The van der Waals surface area contributed by atoms with Crippen molar-refractivity contribution >= 4 is 29.7 Å². The van der Waals surface area contributed by atoms with E-state index in [0.29, 0.717) is 5.84 Å². The number of amidine groups is 1. The van der Waals surface area contributed by atoms with Crippen molar-refractivity contribution in [3.05, 3.63) is 24.3 Å². The van der Waals surface area contributed by atoms with Crippen molar-refractivity contribution in [1.82, 2.24) is 14.0 Å². The van der Waals surface area contributed by atoms with Crippen LogP contribution in [0.3, 0.4) is 0 Å². The maximum Gasteiger partial charge on any atom is 0.140 e. The van der Waals surface area contributed by atoms with E-state index in [1.54, 1.807) is 11.9 Å². The van der Waals surface area contributed by atoms with Gasteiger partial charge in [-0.05, 0) is 61.0 Å². The average molecular weight is 369 g/mol. The largest absolute Gasteiger partial charge is 0.322 e. The van der Waals surface area contributed by atoms with Crippen molar-refractivity contribution in [2.45, 2.75) is 36.5 Å². The molecule has 1 heterocycles. The van der Waals surface area contributed by atoms with E-state index in [9.17, 15) is 0 Å². The molecule has 24 heavy (non-hydrogen) atoms. The molecule has 2 rings (SSSR count). The Bertz CT molecular complexity index is 518. The highest BCUT2D eigenvalue weighted by atomic mass is 32.2. The van der Waals surface area contributed by atoms with Crippen molar-refractivity contribution < 1.29 is 0 Å². The lowest BCUT2D eigenvalue weighted by molar-refractivity contribution is 0.334. The van der Waals surface area contributed by atoms with Gasteiger partial charge in [0.2, 0.25) is 0 Å². The first-order valence-electron chi connectivity index (χ1n) is 8.40. The van der Waals surface area contributed by atoms with Crippen molar-refractivity contribution in [2.75, 3.05) is 26.2 Å². The number of nitrogens with two attached hydrogens (primary N) is 2. The molecule has 134 valence electrons. The van der Waals surface area contributed by atoms with Crippen LogP contribution in [-0.2, 0) is 0 Å². The standard InChI is InChI=1S/C16H28N6S2/c1-3-21(4-2)23-14-7-9-15(10-8-14)24-22-11-5-6-13(12-22)16(19-17)20-18/h7-10,13H,3-6,11-12,17-18H2,1-2H3,(H,19,20). The van der Waals surface area contributed by atoms with E-state index in [0.717, 1.165) is 39.0 Å². The summed E-state index contributed by atoms with van der Waals surface area (Å²) in [5.74, 6) is 11.9. The monoisotopic (exact) mass is 368 g/mol. The molecule has 0 spiro atoms. The highest BCUT2D eigenvalue weighted by Crippen LogP contribution is 2.30. The number of hydrogen-bond donors (Lipinski definition) is 3. The third-order valence-corrected chi connectivity index (χ3v) is 6.39. The minimum absolute atomic E-state index is 0.277. The van der Waals surface area contributed by atoms with Gasteiger partial charge in [-0.15, -0.1) is 0 Å². The number of nitrogens with zero attached hydrogens (tertiary/aromatic N) is 3. The molecule has 0 saturated carbocycles. The summed E-state index contributed by atoms with van der Waals surface area (Å²) in [6.07, 6.45) is 2.19. The Kier molecular flexibility index (Phi) is 8.20.